The number of nitrogens with zero attached hydrogens (tertiary/aromatic N) is 1. The van der Waals surface area contributed by atoms with E-state index in [1.165, 1.54) is 12.5 Å². The number of halogens is 1. The Bertz CT molecular complexity index is 419. The molecule has 1 unspecified atom stereocenters. The maximum Gasteiger partial charge on any atom is 0.131 e. The van der Waals surface area contributed by atoms with Crippen LogP contribution in [0.2, 0.25) is 0 Å². The van der Waals surface area contributed by atoms with Crippen molar-refractivity contribution < 1.29 is 9.18 Å². The standard InChI is InChI=1S/C15H20FNO/c1-12(18)10-14-7-4-5-9-17(14)11-13-6-2-3-8-15(13)16/h2-3,6,8,14H,4-5,7,9-11H2,1H3. The number of Topliss-reactive ketones (excluding diaryl/α,β-unsaturated/α-hetero) is 1. The molecule has 2 rings (SSSR count). The molecule has 0 spiro atoms. The van der Waals surface area contributed by atoms with Crippen LogP contribution in [0, 0.1) is 5.82 Å². The zero-order valence-corrected chi connectivity index (χ0v) is 10.9. The van der Waals surface area contributed by atoms with Gasteiger partial charge < -0.3 is 0 Å². The van der Waals surface area contributed by atoms with E-state index in [0.717, 1.165) is 24.9 Å². The molecule has 0 N–H and O–H groups in total. The monoisotopic (exact) mass is 249 g/mol. The summed E-state index contributed by atoms with van der Waals surface area (Å²) in [7, 11) is 0. The van der Waals surface area contributed by atoms with Crippen LogP contribution in [0.4, 0.5) is 4.39 Å². The van der Waals surface area contributed by atoms with Gasteiger partial charge in [-0.3, -0.25) is 9.69 Å². The molecule has 1 saturated heterocycles. The van der Waals surface area contributed by atoms with E-state index in [-0.39, 0.29) is 17.6 Å². The van der Waals surface area contributed by atoms with E-state index < -0.39 is 0 Å². The molecule has 3 heteroatoms. The van der Waals surface area contributed by atoms with Crippen molar-refractivity contribution in [1.29, 1.82) is 0 Å². The van der Waals surface area contributed by atoms with Crippen LogP contribution >= 0.6 is 0 Å². The molecule has 1 aliphatic rings. The maximum atomic E-state index is 13.6. The smallest absolute Gasteiger partial charge is 0.131 e. The van der Waals surface area contributed by atoms with Gasteiger partial charge in [-0.2, -0.15) is 0 Å². The molecule has 1 aliphatic heterocycles. The molecule has 1 atom stereocenters. The van der Waals surface area contributed by atoms with Crippen LogP contribution in [-0.2, 0) is 11.3 Å². The summed E-state index contributed by atoms with van der Waals surface area (Å²) < 4.78 is 13.6. The van der Waals surface area contributed by atoms with Crippen LogP contribution in [0.3, 0.4) is 0 Å². The van der Waals surface area contributed by atoms with Gasteiger partial charge in [0, 0.05) is 24.6 Å². The largest absolute Gasteiger partial charge is 0.300 e. The topological polar surface area (TPSA) is 20.3 Å². The Morgan fingerprint density at radius 1 is 1.39 bits per heavy atom. The number of likely N-dealkylation sites (tertiary alicyclic amines) is 1. The number of rotatable bonds is 4. The van der Waals surface area contributed by atoms with Gasteiger partial charge >= 0.3 is 0 Å². The molecule has 0 amide bonds. The number of carbonyl (C=O) groups excluding carboxylic acids is 1. The first-order chi connectivity index (χ1) is 8.66. The zero-order valence-electron chi connectivity index (χ0n) is 10.9. The van der Waals surface area contributed by atoms with Crippen LogP contribution in [0.1, 0.15) is 38.2 Å². The first kappa shape index (κ1) is 13.2. The highest BCUT2D eigenvalue weighted by atomic mass is 19.1. The van der Waals surface area contributed by atoms with Gasteiger partial charge in [0.25, 0.3) is 0 Å². The minimum atomic E-state index is -0.148. The fourth-order valence-corrected chi connectivity index (χ4v) is 2.68. The van der Waals surface area contributed by atoms with Crippen LogP contribution < -0.4 is 0 Å². The van der Waals surface area contributed by atoms with E-state index in [9.17, 15) is 9.18 Å². The van der Waals surface area contributed by atoms with Gasteiger partial charge in [-0.25, -0.2) is 4.39 Å². The summed E-state index contributed by atoms with van der Waals surface area (Å²) >= 11 is 0. The Balaban J connectivity index is 2.05. The van der Waals surface area contributed by atoms with Crippen LogP contribution in [0.5, 0.6) is 0 Å². The summed E-state index contributed by atoms with van der Waals surface area (Å²) in [5.41, 5.74) is 0.730. The predicted molar refractivity (Wildman–Crippen MR) is 69.7 cm³/mol. The van der Waals surface area contributed by atoms with Crippen molar-refractivity contribution in [1.82, 2.24) is 4.90 Å². The summed E-state index contributed by atoms with van der Waals surface area (Å²) in [6.07, 6.45) is 3.96. The molecule has 18 heavy (non-hydrogen) atoms. The summed E-state index contributed by atoms with van der Waals surface area (Å²) in [4.78, 5) is 13.5. The second kappa shape index (κ2) is 6.10. The third kappa shape index (κ3) is 3.39. The lowest BCUT2D eigenvalue weighted by Gasteiger charge is -2.35. The van der Waals surface area contributed by atoms with Crippen molar-refractivity contribution in [3.8, 4) is 0 Å². The Kier molecular flexibility index (Phi) is 4.48. The number of piperidine rings is 1. The van der Waals surface area contributed by atoms with E-state index in [0.29, 0.717) is 13.0 Å². The van der Waals surface area contributed by atoms with Crippen LogP contribution in [0.15, 0.2) is 24.3 Å². The Morgan fingerprint density at radius 3 is 2.89 bits per heavy atom. The molecule has 0 saturated carbocycles. The SMILES string of the molecule is CC(=O)CC1CCCCN1Cc1ccccc1F. The molecule has 1 heterocycles. The van der Waals surface area contributed by atoms with Crippen molar-refractivity contribution >= 4 is 5.78 Å². The average Bonchev–Trinajstić information content (AvgIpc) is 2.34. The average molecular weight is 249 g/mol. The van der Waals surface area contributed by atoms with E-state index in [1.54, 1.807) is 13.0 Å². The van der Waals surface area contributed by atoms with Gasteiger partial charge in [-0.1, -0.05) is 24.6 Å². The third-order valence-electron chi connectivity index (χ3n) is 3.60. The number of carbonyl (C=O) groups is 1. The summed E-state index contributed by atoms with van der Waals surface area (Å²) in [5.74, 6) is 0.0742. The maximum absolute atomic E-state index is 13.6. The van der Waals surface area contributed by atoms with E-state index >= 15 is 0 Å². The highest BCUT2D eigenvalue weighted by Gasteiger charge is 2.24. The number of hydrogen-bond acceptors (Lipinski definition) is 2. The summed E-state index contributed by atoms with van der Waals surface area (Å²) in [6, 6.07) is 7.19. The molecule has 1 aromatic rings. The van der Waals surface area contributed by atoms with Gasteiger partial charge in [0.15, 0.2) is 0 Å². The molecule has 0 aromatic heterocycles. The molecule has 98 valence electrons. The summed E-state index contributed by atoms with van der Waals surface area (Å²) in [5, 5.41) is 0. The molecule has 0 radical (unpaired) electrons. The van der Waals surface area contributed by atoms with Crippen molar-refractivity contribution in [2.75, 3.05) is 6.54 Å². The number of hydrogen-bond donors (Lipinski definition) is 0. The lowest BCUT2D eigenvalue weighted by Crippen LogP contribution is -2.40. The Morgan fingerprint density at radius 2 is 2.17 bits per heavy atom. The van der Waals surface area contributed by atoms with Crippen molar-refractivity contribution in [3.63, 3.8) is 0 Å². The number of benzene rings is 1. The molecular weight excluding hydrogens is 229 g/mol. The molecule has 1 fully saturated rings. The van der Waals surface area contributed by atoms with Crippen LogP contribution in [-0.4, -0.2) is 23.3 Å². The molecular formula is C15H20FNO. The van der Waals surface area contributed by atoms with Gasteiger partial charge in [0.1, 0.15) is 11.6 Å². The van der Waals surface area contributed by atoms with E-state index in [4.69, 9.17) is 0 Å². The highest BCUT2D eigenvalue weighted by molar-refractivity contribution is 5.76. The Hall–Kier alpha value is -1.22. The zero-order chi connectivity index (χ0) is 13.0. The second-order valence-electron chi connectivity index (χ2n) is 5.12. The second-order valence-corrected chi connectivity index (χ2v) is 5.12. The quantitative estimate of drug-likeness (QED) is 0.817. The van der Waals surface area contributed by atoms with Gasteiger partial charge in [0.05, 0.1) is 0 Å². The third-order valence-corrected chi connectivity index (χ3v) is 3.60. The normalized spacial score (nSPS) is 20.9. The van der Waals surface area contributed by atoms with Crippen molar-refractivity contribution in [2.24, 2.45) is 0 Å². The molecule has 0 aliphatic carbocycles. The van der Waals surface area contributed by atoms with Gasteiger partial charge in [0.2, 0.25) is 0 Å². The van der Waals surface area contributed by atoms with E-state index in [2.05, 4.69) is 4.90 Å². The lowest BCUT2D eigenvalue weighted by atomic mass is 9.97. The summed E-state index contributed by atoms with van der Waals surface area (Å²) in [6.45, 7) is 3.22. The number of ketones is 1. The van der Waals surface area contributed by atoms with E-state index in [1.807, 2.05) is 12.1 Å². The first-order valence-electron chi connectivity index (χ1n) is 6.63. The Labute approximate surface area is 108 Å². The van der Waals surface area contributed by atoms with Gasteiger partial charge in [-0.05, 0) is 32.4 Å². The van der Waals surface area contributed by atoms with Crippen molar-refractivity contribution in [3.05, 3.63) is 35.6 Å². The first-order valence-corrected chi connectivity index (χ1v) is 6.63. The fourth-order valence-electron chi connectivity index (χ4n) is 2.68. The van der Waals surface area contributed by atoms with Gasteiger partial charge in [-0.15, -0.1) is 0 Å². The van der Waals surface area contributed by atoms with Crippen LogP contribution in [0.25, 0.3) is 0 Å². The van der Waals surface area contributed by atoms with Crippen molar-refractivity contribution in [2.45, 2.75) is 45.2 Å². The fraction of sp³-hybridized carbons (Fsp3) is 0.533. The minimum Gasteiger partial charge on any atom is -0.300 e. The highest BCUT2D eigenvalue weighted by Crippen LogP contribution is 2.22. The minimum absolute atomic E-state index is 0.148. The molecule has 1 aromatic carbocycles. The predicted octanol–water partition coefficient (Wildman–Crippen LogP) is 3.16. The lowest BCUT2D eigenvalue weighted by molar-refractivity contribution is -0.118. The molecule has 2 nitrogen and oxygen atoms in total. The molecule has 0 bridgehead atoms.